The van der Waals surface area contributed by atoms with Crippen LogP contribution in [0.2, 0.25) is 31.0 Å². The Morgan fingerprint density at radius 2 is 1.72 bits per heavy atom. The summed E-state index contributed by atoms with van der Waals surface area (Å²) in [6.45, 7) is 21.1. The summed E-state index contributed by atoms with van der Waals surface area (Å²) in [5.74, 6) is 1.22. The van der Waals surface area contributed by atoms with Crippen molar-refractivity contribution < 1.29 is 19.1 Å². The van der Waals surface area contributed by atoms with E-state index in [-0.39, 0.29) is 23.3 Å². The van der Waals surface area contributed by atoms with E-state index in [9.17, 15) is 9.59 Å². The van der Waals surface area contributed by atoms with Gasteiger partial charge in [0.15, 0.2) is 0 Å². The molecule has 2 amide bonds. The van der Waals surface area contributed by atoms with E-state index in [1.54, 1.807) is 0 Å². The zero-order chi connectivity index (χ0) is 38.6. The Balaban J connectivity index is 1.04. The van der Waals surface area contributed by atoms with Gasteiger partial charge in [-0.05, 0) is 94.3 Å². The number of benzene rings is 1. The number of likely N-dealkylation sites (tertiary alicyclic amines) is 2. The fourth-order valence-corrected chi connectivity index (χ4v) is 8.52. The molecule has 0 unspecified atom stereocenters. The number of halogens is 1. The highest BCUT2D eigenvalue weighted by atomic mass is 35.5. The summed E-state index contributed by atoms with van der Waals surface area (Å²) in [7, 11) is -1.19. The number of anilines is 3. The summed E-state index contributed by atoms with van der Waals surface area (Å²) in [5, 5.41) is 4.65. The lowest BCUT2D eigenvalue weighted by Crippen LogP contribution is -2.50. The molecule has 15 heteroatoms. The van der Waals surface area contributed by atoms with E-state index >= 15 is 0 Å². The van der Waals surface area contributed by atoms with Crippen molar-refractivity contribution in [1.82, 2.24) is 29.2 Å². The van der Waals surface area contributed by atoms with E-state index in [0.29, 0.717) is 42.8 Å². The normalized spacial score (nSPS) is 19.4. The Morgan fingerprint density at radius 1 is 0.981 bits per heavy atom. The van der Waals surface area contributed by atoms with E-state index in [1.165, 1.54) is 0 Å². The average Bonchev–Trinajstić information content (AvgIpc) is 3.52. The summed E-state index contributed by atoms with van der Waals surface area (Å²) >= 11 is 6.44. The number of piperazine rings is 1. The fraction of sp³-hybridized carbons (Fsp3) is 0.641. The van der Waals surface area contributed by atoms with E-state index in [2.05, 4.69) is 44.7 Å². The molecule has 6 rings (SSSR count). The minimum absolute atomic E-state index is 0.00253. The third kappa shape index (κ3) is 10.6. The van der Waals surface area contributed by atoms with Gasteiger partial charge in [-0.15, -0.1) is 0 Å². The molecule has 0 radical (unpaired) electrons. The number of aromatic nitrogens is 3. The van der Waals surface area contributed by atoms with Crippen LogP contribution in [0, 0.1) is 5.92 Å². The number of hydrogen-bond donors (Lipinski definition) is 2. The largest absolute Gasteiger partial charge is 0.444 e. The zero-order valence-corrected chi connectivity index (χ0v) is 34.8. The summed E-state index contributed by atoms with van der Waals surface area (Å²) in [4.78, 5) is 44.5. The van der Waals surface area contributed by atoms with Gasteiger partial charge in [0.05, 0.1) is 10.9 Å². The van der Waals surface area contributed by atoms with Crippen LogP contribution in [-0.4, -0.2) is 126 Å². The highest BCUT2D eigenvalue weighted by Crippen LogP contribution is 2.30. The van der Waals surface area contributed by atoms with Crippen LogP contribution in [-0.2, 0) is 16.2 Å². The first-order valence-corrected chi connectivity index (χ1v) is 23.7. The molecule has 54 heavy (non-hydrogen) atoms. The Kier molecular flexibility index (Phi) is 12.7. The van der Waals surface area contributed by atoms with Gasteiger partial charge >= 0.3 is 6.09 Å². The molecule has 3 aliphatic rings. The predicted molar refractivity (Wildman–Crippen MR) is 219 cm³/mol. The van der Waals surface area contributed by atoms with Crippen molar-refractivity contribution in [3.63, 3.8) is 0 Å². The number of rotatable bonds is 11. The van der Waals surface area contributed by atoms with Crippen LogP contribution in [0.4, 0.5) is 22.0 Å². The van der Waals surface area contributed by atoms with Gasteiger partial charge in [-0.2, -0.15) is 4.98 Å². The third-order valence-electron chi connectivity index (χ3n) is 10.6. The van der Waals surface area contributed by atoms with E-state index < -0.39 is 13.7 Å². The molecule has 13 nitrogen and oxygen atoms in total. The average molecular weight is 783 g/mol. The fourth-order valence-electron chi connectivity index (χ4n) is 7.60. The molecular formula is C39H60ClN9O4Si. The quantitative estimate of drug-likeness (QED) is 0.0966. The van der Waals surface area contributed by atoms with E-state index in [4.69, 9.17) is 26.8 Å². The van der Waals surface area contributed by atoms with Crippen LogP contribution in [0.5, 0.6) is 0 Å². The summed E-state index contributed by atoms with van der Waals surface area (Å²) in [5.41, 5.74) is 8.70. The molecule has 0 saturated carbocycles. The topological polar surface area (TPSA) is 134 Å². The predicted octanol–water partition coefficient (Wildman–Crippen LogP) is 6.47. The van der Waals surface area contributed by atoms with Crippen molar-refractivity contribution in [1.29, 1.82) is 0 Å². The van der Waals surface area contributed by atoms with Gasteiger partial charge in [0, 0.05) is 97.2 Å². The number of ether oxygens (including phenoxy) is 2. The lowest BCUT2D eigenvalue weighted by Gasteiger charge is -2.40. The number of carbonyl (C=O) groups excluding carboxylic acids is 2. The molecule has 3 fully saturated rings. The lowest BCUT2D eigenvalue weighted by atomic mass is 9.96. The van der Waals surface area contributed by atoms with E-state index in [1.807, 2.05) is 65.6 Å². The van der Waals surface area contributed by atoms with Gasteiger partial charge in [-0.1, -0.05) is 19.6 Å². The number of nitrogens with one attached hydrogen (secondary N) is 1. The molecule has 3 N–H and O–H groups in total. The first kappa shape index (κ1) is 40.1. The van der Waals surface area contributed by atoms with Crippen LogP contribution >= 0.6 is 11.6 Å². The molecule has 0 spiro atoms. The molecule has 5 heterocycles. The van der Waals surface area contributed by atoms with Crippen LogP contribution in [0.15, 0.2) is 30.5 Å². The second-order valence-electron chi connectivity index (χ2n) is 17.4. The molecule has 0 aliphatic carbocycles. The third-order valence-corrected chi connectivity index (χ3v) is 12.5. The van der Waals surface area contributed by atoms with Crippen molar-refractivity contribution in [2.24, 2.45) is 5.92 Å². The minimum Gasteiger partial charge on any atom is -0.444 e. The molecule has 1 aromatic carbocycles. The second kappa shape index (κ2) is 17.0. The molecule has 3 saturated heterocycles. The summed E-state index contributed by atoms with van der Waals surface area (Å²) in [6, 6.07) is 8.82. The SMILES string of the molecule is CC(C)(C)OC(=O)N1CCC(CN2CCN(c3ccc(N)cc3C(=O)N3CCC[C@@H](Nc4nc(Cl)nc5c4ccn5COCC[Si](C)(C)C)C3)CC2)CC1. The maximum Gasteiger partial charge on any atom is 0.410 e. The first-order valence-electron chi connectivity index (χ1n) is 19.6. The molecule has 2 aromatic heterocycles. The zero-order valence-electron chi connectivity index (χ0n) is 33.1. The van der Waals surface area contributed by atoms with Crippen molar-refractivity contribution in [2.45, 2.75) is 90.5 Å². The Hall–Kier alpha value is -3.59. The highest BCUT2D eigenvalue weighted by molar-refractivity contribution is 6.76. The molecular weight excluding hydrogens is 722 g/mol. The maximum atomic E-state index is 14.3. The summed E-state index contributed by atoms with van der Waals surface area (Å²) < 4.78 is 13.5. The number of nitrogens with two attached hydrogens (primary N) is 1. The van der Waals surface area contributed by atoms with Gasteiger partial charge in [-0.25, -0.2) is 9.78 Å². The van der Waals surface area contributed by atoms with Crippen molar-refractivity contribution in [3.8, 4) is 0 Å². The number of nitrogen functional groups attached to an aromatic ring is 1. The second-order valence-corrected chi connectivity index (χ2v) is 23.4. The van der Waals surface area contributed by atoms with Gasteiger partial charge in [-0.3, -0.25) is 9.69 Å². The number of piperidine rings is 2. The molecule has 296 valence electrons. The van der Waals surface area contributed by atoms with E-state index in [0.717, 1.165) is 101 Å². The van der Waals surface area contributed by atoms with Crippen LogP contribution in [0.3, 0.4) is 0 Å². The number of amides is 2. The number of fused-ring (bicyclic) bond motifs is 1. The van der Waals surface area contributed by atoms with Gasteiger partial charge < -0.3 is 39.8 Å². The Bertz CT molecular complexity index is 1760. The molecule has 0 bridgehead atoms. The van der Waals surface area contributed by atoms with Crippen LogP contribution in [0.1, 0.15) is 56.8 Å². The minimum atomic E-state index is -1.19. The number of hydrogen-bond acceptors (Lipinski definition) is 10. The van der Waals surface area contributed by atoms with Crippen molar-refractivity contribution >= 4 is 59.9 Å². The van der Waals surface area contributed by atoms with Crippen LogP contribution in [0.25, 0.3) is 11.0 Å². The van der Waals surface area contributed by atoms with Crippen molar-refractivity contribution in [3.05, 3.63) is 41.3 Å². The van der Waals surface area contributed by atoms with Crippen molar-refractivity contribution in [2.75, 3.05) is 81.5 Å². The Labute approximate surface area is 326 Å². The molecule has 1 atom stereocenters. The highest BCUT2D eigenvalue weighted by Gasteiger charge is 2.31. The smallest absolute Gasteiger partial charge is 0.410 e. The van der Waals surface area contributed by atoms with Crippen LogP contribution < -0.4 is 16.0 Å². The number of carbonyl (C=O) groups is 2. The Morgan fingerprint density at radius 3 is 2.43 bits per heavy atom. The standard InChI is InChI=1S/C39H60ClN9O4Si/c1-39(2,3)53-38(51)47-15-11-28(12-16-47)25-45-18-20-46(21-19-45)33-10-9-29(41)24-32(33)36(50)48-14-7-8-30(26-48)42-34-31-13-17-49(35(31)44-37(40)43-34)27-52-22-23-54(4,5)6/h9-10,13,17,24,28,30H,7-8,11-12,14-16,18-23,25-27,41H2,1-6H3,(H,42,43,44)/t30-/m1/s1. The maximum absolute atomic E-state index is 14.3. The molecule has 3 aromatic rings. The number of nitrogens with zero attached hydrogens (tertiary/aromatic N) is 7. The summed E-state index contributed by atoms with van der Waals surface area (Å²) in [6.07, 6.45) is 5.49. The van der Waals surface area contributed by atoms with Gasteiger partial charge in [0.25, 0.3) is 5.91 Å². The monoisotopic (exact) mass is 781 g/mol. The lowest BCUT2D eigenvalue weighted by molar-refractivity contribution is 0.0168. The van der Waals surface area contributed by atoms with Gasteiger partial charge in [0.2, 0.25) is 5.28 Å². The van der Waals surface area contributed by atoms with Gasteiger partial charge in [0.1, 0.15) is 23.8 Å². The first-order chi connectivity index (χ1) is 25.6. The molecule has 3 aliphatic heterocycles.